The third-order valence-corrected chi connectivity index (χ3v) is 6.01. The molecule has 0 aliphatic carbocycles. The Hall–Kier alpha value is -1.89. The van der Waals surface area contributed by atoms with E-state index in [0.29, 0.717) is 18.8 Å². The summed E-state index contributed by atoms with van der Waals surface area (Å²) >= 11 is 0. The van der Waals surface area contributed by atoms with Crippen molar-refractivity contribution in [1.82, 2.24) is 5.32 Å². The van der Waals surface area contributed by atoms with Crippen molar-refractivity contribution in [2.75, 3.05) is 13.1 Å². The standard InChI is InChI=1S/C19H23NO4S/c1-14(21)12-20-13-16-9-7-15-8-10-18(11-19(15)24-16)25(22,23)17-5-3-2-4-6-17/h2-6,8,10-11,14,16,20-21H,7,9,12-13H2,1H3/t14?,16-/m1/s1. The minimum atomic E-state index is -3.55. The van der Waals surface area contributed by atoms with Crippen LogP contribution in [0.1, 0.15) is 18.9 Å². The van der Waals surface area contributed by atoms with Gasteiger partial charge in [0.25, 0.3) is 0 Å². The molecule has 1 heterocycles. The number of sulfone groups is 1. The molecule has 1 aliphatic rings. The topological polar surface area (TPSA) is 75.6 Å². The molecule has 0 aromatic heterocycles. The zero-order valence-corrected chi connectivity index (χ0v) is 15.0. The molecule has 0 spiro atoms. The van der Waals surface area contributed by atoms with Crippen molar-refractivity contribution in [3.05, 3.63) is 54.1 Å². The van der Waals surface area contributed by atoms with Crippen molar-refractivity contribution in [2.45, 2.75) is 41.8 Å². The number of ether oxygens (including phenoxy) is 1. The number of benzene rings is 2. The van der Waals surface area contributed by atoms with Crippen molar-refractivity contribution in [3.63, 3.8) is 0 Å². The number of hydrogen-bond acceptors (Lipinski definition) is 5. The molecule has 2 N–H and O–H groups in total. The Morgan fingerprint density at radius 2 is 1.96 bits per heavy atom. The van der Waals surface area contributed by atoms with Crippen molar-refractivity contribution in [2.24, 2.45) is 0 Å². The monoisotopic (exact) mass is 361 g/mol. The van der Waals surface area contributed by atoms with Crippen molar-refractivity contribution >= 4 is 9.84 Å². The number of aryl methyl sites for hydroxylation is 1. The minimum absolute atomic E-state index is 0.0269. The first-order chi connectivity index (χ1) is 12.0. The van der Waals surface area contributed by atoms with E-state index in [-0.39, 0.29) is 15.9 Å². The lowest BCUT2D eigenvalue weighted by Crippen LogP contribution is -2.37. The second-order valence-corrected chi connectivity index (χ2v) is 8.32. The molecule has 0 saturated heterocycles. The summed E-state index contributed by atoms with van der Waals surface area (Å²) in [6.45, 7) is 2.86. The normalized spacial score (nSPS) is 18.2. The van der Waals surface area contributed by atoms with Crippen LogP contribution in [0.4, 0.5) is 0 Å². The highest BCUT2D eigenvalue weighted by Gasteiger charge is 2.23. The number of aliphatic hydroxyl groups is 1. The van der Waals surface area contributed by atoms with E-state index < -0.39 is 15.9 Å². The second kappa shape index (κ2) is 7.56. The molecule has 1 aliphatic heterocycles. The number of hydrogen-bond donors (Lipinski definition) is 2. The number of fused-ring (bicyclic) bond motifs is 1. The molecule has 0 fully saturated rings. The van der Waals surface area contributed by atoms with E-state index in [0.717, 1.165) is 18.4 Å². The molecule has 2 aromatic rings. The van der Waals surface area contributed by atoms with E-state index in [1.807, 2.05) is 6.07 Å². The highest BCUT2D eigenvalue weighted by molar-refractivity contribution is 7.91. The molecule has 25 heavy (non-hydrogen) atoms. The SMILES string of the molecule is CC(O)CNC[C@H]1CCc2ccc(S(=O)(=O)c3ccccc3)cc2O1. The van der Waals surface area contributed by atoms with Gasteiger partial charge in [-0.15, -0.1) is 0 Å². The number of rotatable bonds is 6. The quantitative estimate of drug-likeness (QED) is 0.825. The van der Waals surface area contributed by atoms with Gasteiger partial charge in [0, 0.05) is 13.1 Å². The Labute approximate surface area is 148 Å². The van der Waals surface area contributed by atoms with Gasteiger partial charge in [0.1, 0.15) is 11.9 Å². The molecule has 0 radical (unpaired) electrons. The number of aliphatic hydroxyl groups excluding tert-OH is 1. The molecule has 3 rings (SSSR count). The largest absolute Gasteiger partial charge is 0.489 e. The van der Waals surface area contributed by atoms with Crippen LogP contribution in [-0.2, 0) is 16.3 Å². The second-order valence-electron chi connectivity index (χ2n) is 6.37. The smallest absolute Gasteiger partial charge is 0.206 e. The van der Waals surface area contributed by atoms with Gasteiger partial charge >= 0.3 is 0 Å². The fourth-order valence-corrected chi connectivity index (χ4v) is 4.20. The average molecular weight is 361 g/mol. The summed E-state index contributed by atoms with van der Waals surface area (Å²) in [4.78, 5) is 0.524. The van der Waals surface area contributed by atoms with Gasteiger partial charge in [-0.05, 0) is 49.6 Å². The van der Waals surface area contributed by atoms with Gasteiger partial charge < -0.3 is 15.2 Å². The summed E-state index contributed by atoms with van der Waals surface area (Å²) in [5.41, 5.74) is 1.03. The van der Waals surface area contributed by atoms with E-state index >= 15 is 0 Å². The van der Waals surface area contributed by atoms with Gasteiger partial charge in [-0.25, -0.2) is 8.42 Å². The van der Waals surface area contributed by atoms with Crippen LogP contribution in [-0.4, -0.2) is 38.8 Å². The summed E-state index contributed by atoms with van der Waals surface area (Å²) in [6.07, 6.45) is 1.28. The molecule has 0 saturated carbocycles. The molecule has 1 unspecified atom stereocenters. The molecule has 2 aromatic carbocycles. The fraction of sp³-hybridized carbons (Fsp3) is 0.368. The van der Waals surface area contributed by atoms with Crippen molar-refractivity contribution in [1.29, 1.82) is 0 Å². The molecular weight excluding hydrogens is 338 g/mol. The first kappa shape index (κ1) is 17.9. The van der Waals surface area contributed by atoms with E-state index in [2.05, 4.69) is 5.32 Å². The molecule has 134 valence electrons. The van der Waals surface area contributed by atoms with Crippen LogP contribution >= 0.6 is 0 Å². The zero-order valence-electron chi connectivity index (χ0n) is 14.2. The van der Waals surface area contributed by atoms with Gasteiger partial charge in [0.05, 0.1) is 15.9 Å². The highest BCUT2D eigenvalue weighted by atomic mass is 32.2. The summed E-state index contributed by atoms with van der Waals surface area (Å²) < 4.78 is 31.5. The predicted molar refractivity (Wildman–Crippen MR) is 95.6 cm³/mol. The van der Waals surface area contributed by atoms with Crippen LogP contribution in [0.15, 0.2) is 58.3 Å². The maximum absolute atomic E-state index is 12.8. The van der Waals surface area contributed by atoms with Gasteiger partial charge in [-0.3, -0.25) is 0 Å². The average Bonchev–Trinajstić information content (AvgIpc) is 2.61. The van der Waals surface area contributed by atoms with Gasteiger partial charge in [-0.2, -0.15) is 0 Å². The zero-order chi connectivity index (χ0) is 17.9. The molecule has 2 atom stereocenters. The molecule has 0 bridgehead atoms. The maximum atomic E-state index is 12.8. The van der Waals surface area contributed by atoms with Gasteiger partial charge in [0.2, 0.25) is 9.84 Å². The molecular formula is C19H23NO4S. The Morgan fingerprint density at radius 3 is 2.68 bits per heavy atom. The lowest BCUT2D eigenvalue weighted by Gasteiger charge is -2.27. The van der Waals surface area contributed by atoms with E-state index in [1.54, 1.807) is 49.4 Å². The summed E-state index contributed by atoms with van der Waals surface area (Å²) in [6, 6.07) is 13.5. The third kappa shape index (κ3) is 4.21. The van der Waals surface area contributed by atoms with Crippen LogP contribution in [0.2, 0.25) is 0 Å². The minimum Gasteiger partial charge on any atom is -0.489 e. The van der Waals surface area contributed by atoms with Crippen LogP contribution in [0.3, 0.4) is 0 Å². The molecule has 0 amide bonds. The lowest BCUT2D eigenvalue weighted by molar-refractivity contribution is 0.153. The first-order valence-corrected chi connectivity index (χ1v) is 9.93. The Bertz CT molecular complexity index is 819. The van der Waals surface area contributed by atoms with Crippen LogP contribution in [0.25, 0.3) is 0 Å². The fourth-order valence-electron chi connectivity index (χ4n) is 2.91. The van der Waals surface area contributed by atoms with Crippen molar-refractivity contribution in [3.8, 4) is 5.75 Å². The first-order valence-electron chi connectivity index (χ1n) is 8.45. The maximum Gasteiger partial charge on any atom is 0.206 e. The Balaban J connectivity index is 1.78. The summed E-state index contributed by atoms with van der Waals surface area (Å²) in [5, 5.41) is 12.5. The van der Waals surface area contributed by atoms with E-state index in [1.165, 1.54) is 0 Å². The number of nitrogens with one attached hydrogen (secondary N) is 1. The molecule has 6 heteroatoms. The van der Waals surface area contributed by atoms with Crippen LogP contribution in [0, 0.1) is 0 Å². The van der Waals surface area contributed by atoms with E-state index in [9.17, 15) is 13.5 Å². The lowest BCUT2D eigenvalue weighted by atomic mass is 10.0. The third-order valence-electron chi connectivity index (χ3n) is 4.24. The van der Waals surface area contributed by atoms with E-state index in [4.69, 9.17) is 4.74 Å². The van der Waals surface area contributed by atoms with Crippen molar-refractivity contribution < 1.29 is 18.3 Å². The summed E-state index contributed by atoms with van der Waals surface area (Å²) in [5.74, 6) is 0.632. The summed E-state index contributed by atoms with van der Waals surface area (Å²) in [7, 11) is -3.55. The van der Waals surface area contributed by atoms with Gasteiger partial charge in [-0.1, -0.05) is 24.3 Å². The van der Waals surface area contributed by atoms with Gasteiger partial charge in [0.15, 0.2) is 0 Å². The Kier molecular flexibility index (Phi) is 5.42. The highest BCUT2D eigenvalue weighted by Crippen LogP contribution is 2.32. The molecule has 5 nitrogen and oxygen atoms in total. The van der Waals surface area contributed by atoms with Crippen LogP contribution in [0.5, 0.6) is 5.75 Å². The predicted octanol–water partition coefficient (Wildman–Crippen LogP) is 2.18. The Morgan fingerprint density at radius 1 is 1.20 bits per heavy atom. The van der Waals surface area contributed by atoms with Crippen LogP contribution < -0.4 is 10.1 Å².